The third kappa shape index (κ3) is 3.24. The molecule has 2 aromatic heterocycles. The molecular weight excluding hydrogens is 302 g/mol. The highest BCUT2D eigenvalue weighted by Crippen LogP contribution is 2.29. The average Bonchev–Trinajstić information content (AvgIpc) is 3.16. The first-order chi connectivity index (χ1) is 10.4. The Bertz CT molecular complexity index is 735. The monoisotopic (exact) mass is 323 g/mol. The van der Waals surface area contributed by atoms with E-state index in [0.29, 0.717) is 28.8 Å². The molecule has 2 heterocycles. The van der Waals surface area contributed by atoms with Gasteiger partial charge < -0.3 is 4.52 Å². The zero-order valence-corrected chi connectivity index (χ0v) is 13.8. The second kappa shape index (κ2) is 5.87. The van der Waals surface area contributed by atoms with E-state index in [1.807, 2.05) is 16.9 Å². The normalized spacial score (nSPS) is 16.5. The van der Waals surface area contributed by atoms with E-state index in [4.69, 9.17) is 4.52 Å². The third-order valence-corrected chi connectivity index (χ3v) is 5.74. The standard InChI is InChI=1S/C15H21N3O3S/c1-11-15(12(2)21-17-11)10-22(19,20)9-13-7-8-18(16-13)14-5-3-4-6-14/h7-8,14H,3-6,9-10H2,1-2H3. The summed E-state index contributed by atoms with van der Waals surface area (Å²) in [6.07, 6.45) is 6.62. The molecule has 0 amide bonds. The number of nitrogens with zero attached hydrogens (tertiary/aromatic N) is 3. The van der Waals surface area contributed by atoms with Crippen LogP contribution in [0.1, 0.15) is 54.4 Å². The van der Waals surface area contributed by atoms with Gasteiger partial charge in [0.15, 0.2) is 9.84 Å². The molecule has 0 N–H and O–H groups in total. The molecule has 7 heteroatoms. The highest BCUT2D eigenvalue weighted by atomic mass is 32.2. The van der Waals surface area contributed by atoms with Crippen LogP contribution in [0.4, 0.5) is 0 Å². The third-order valence-electron chi connectivity index (χ3n) is 4.28. The first-order valence-corrected chi connectivity index (χ1v) is 9.43. The van der Waals surface area contributed by atoms with Crippen LogP contribution in [0.15, 0.2) is 16.8 Å². The van der Waals surface area contributed by atoms with Crippen LogP contribution in [0, 0.1) is 13.8 Å². The van der Waals surface area contributed by atoms with E-state index in [0.717, 1.165) is 12.8 Å². The van der Waals surface area contributed by atoms with Gasteiger partial charge in [-0.25, -0.2) is 8.42 Å². The number of sulfone groups is 1. The van der Waals surface area contributed by atoms with E-state index < -0.39 is 9.84 Å². The lowest BCUT2D eigenvalue weighted by molar-refractivity contribution is 0.392. The number of aryl methyl sites for hydroxylation is 2. The molecule has 0 aliphatic heterocycles. The molecule has 1 aliphatic carbocycles. The van der Waals surface area contributed by atoms with Crippen LogP contribution >= 0.6 is 0 Å². The summed E-state index contributed by atoms with van der Waals surface area (Å²) in [7, 11) is -3.29. The van der Waals surface area contributed by atoms with Gasteiger partial charge in [0, 0.05) is 11.8 Å². The minimum Gasteiger partial charge on any atom is -0.361 e. The second-order valence-electron chi connectivity index (χ2n) is 6.06. The summed E-state index contributed by atoms with van der Waals surface area (Å²) >= 11 is 0. The van der Waals surface area contributed by atoms with Gasteiger partial charge in [0.1, 0.15) is 5.76 Å². The van der Waals surface area contributed by atoms with Crippen molar-refractivity contribution in [1.29, 1.82) is 0 Å². The molecule has 0 radical (unpaired) electrons. The molecule has 0 bridgehead atoms. The summed E-state index contributed by atoms with van der Waals surface area (Å²) in [5.74, 6) is 0.471. The largest absolute Gasteiger partial charge is 0.361 e. The van der Waals surface area contributed by atoms with Gasteiger partial charge in [-0.3, -0.25) is 4.68 Å². The highest BCUT2D eigenvalue weighted by molar-refractivity contribution is 7.89. The Morgan fingerprint density at radius 2 is 2.00 bits per heavy atom. The smallest absolute Gasteiger partial charge is 0.160 e. The Kier molecular flexibility index (Phi) is 4.08. The summed E-state index contributed by atoms with van der Waals surface area (Å²) in [5.41, 5.74) is 1.91. The first kappa shape index (κ1) is 15.3. The lowest BCUT2D eigenvalue weighted by Gasteiger charge is -2.08. The van der Waals surface area contributed by atoms with Gasteiger partial charge in [-0.05, 0) is 32.8 Å². The predicted molar refractivity (Wildman–Crippen MR) is 82.0 cm³/mol. The SMILES string of the molecule is Cc1noc(C)c1CS(=O)(=O)Cc1ccn(C2CCCC2)n1. The Balaban J connectivity index is 1.71. The molecule has 0 spiro atoms. The molecule has 2 aromatic rings. The first-order valence-electron chi connectivity index (χ1n) is 7.61. The molecule has 1 aliphatic rings. The van der Waals surface area contributed by atoms with Gasteiger partial charge in [-0.2, -0.15) is 5.10 Å². The van der Waals surface area contributed by atoms with Gasteiger partial charge in [0.2, 0.25) is 0 Å². The van der Waals surface area contributed by atoms with E-state index >= 15 is 0 Å². The summed E-state index contributed by atoms with van der Waals surface area (Å²) < 4.78 is 31.7. The lowest BCUT2D eigenvalue weighted by Crippen LogP contribution is -2.11. The quantitative estimate of drug-likeness (QED) is 0.845. The predicted octanol–water partition coefficient (Wildman–Crippen LogP) is 2.72. The average molecular weight is 323 g/mol. The minimum absolute atomic E-state index is 0.0449. The van der Waals surface area contributed by atoms with Gasteiger partial charge >= 0.3 is 0 Å². The molecule has 22 heavy (non-hydrogen) atoms. The van der Waals surface area contributed by atoms with Crippen molar-refractivity contribution in [2.45, 2.75) is 57.1 Å². The van der Waals surface area contributed by atoms with Crippen LogP contribution in [-0.4, -0.2) is 23.4 Å². The number of rotatable bonds is 5. The molecular formula is C15H21N3O3S. The van der Waals surface area contributed by atoms with Crippen molar-refractivity contribution in [3.63, 3.8) is 0 Å². The van der Waals surface area contributed by atoms with Crippen molar-refractivity contribution in [1.82, 2.24) is 14.9 Å². The van der Waals surface area contributed by atoms with Crippen molar-refractivity contribution in [3.8, 4) is 0 Å². The van der Waals surface area contributed by atoms with Crippen molar-refractivity contribution in [2.24, 2.45) is 0 Å². The van der Waals surface area contributed by atoms with Crippen LogP contribution in [0.2, 0.25) is 0 Å². The van der Waals surface area contributed by atoms with E-state index in [1.165, 1.54) is 12.8 Å². The van der Waals surface area contributed by atoms with Crippen molar-refractivity contribution < 1.29 is 12.9 Å². The Morgan fingerprint density at radius 3 is 2.64 bits per heavy atom. The van der Waals surface area contributed by atoms with E-state index in [9.17, 15) is 8.42 Å². The molecule has 0 atom stereocenters. The zero-order valence-electron chi connectivity index (χ0n) is 12.9. The number of hydrogen-bond acceptors (Lipinski definition) is 5. The number of hydrogen-bond donors (Lipinski definition) is 0. The molecule has 0 aromatic carbocycles. The zero-order chi connectivity index (χ0) is 15.7. The van der Waals surface area contributed by atoms with Crippen molar-refractivity contribution in [3.05, 3.63) is 35.0 Å². The Hall–Kier alpha value is -1.63. The van der Waals surface area contributed by atoms with Crippen molar-refractivity contribution in [2.75, 3.05) is 0 Å². The Labute approximate surface area is 130 Å². The molecule has 120 valence electrons. The fraction of sp³-hybridized carbons (Fsp3) is 0.600. The summed E-state index contributed by atoms with van der Waals surface area (Å²) in [5, 5.41) is 8.25. The summed E-state index contributed by atoms with van der Waals surface area (Å²) in [6.45, 7) is 3.50. The molecule has 0 unspecified atom stereocenters. The van der Waals surface area contributed by atoms with Crippen LogP contribution < -0.4 is 0 Å². The second-order valence-corrected chi connectivity index (χ2v) is 8.12. The maximum atomic E-state index is 12.4. The molecule has 3 rings (SSSR count). The molecule has 1 fully saturated rings. The van der Waals surface area contributed by atoms with Crippen molar-refractivity contribution >= 4 is 9.84 Å². The minimum atomic E-state index is -3.29. The van der Waals surface area contributed by atoms with Gasteiger partial charge in [-0.1, -0.05) is 18.0 Å². The van der Waals surface area contributed by atoms with Crippen LogP contribution in [0.5, 0.6) is 0 Å². The van der Waals surface area contributed by atoms with Crippen LogP contribution in [0.25, 0.3) is 0 Å². The van der Waals surface area contributed by atoms with Gasteiger partial charge in [-0.15, -0.1) is 0 Å². The van der Waals surface area contributed by atoms with Crippen LogP contribution in [-0.2, 0) is 21.3 Å². The Morgan fingerprint density at radius 1 is 1.27 bits per heavy atom. The lowest BCUT2D eigenvalue weighted by atomic mass is 10.2. The molecule has 0 saturated heterocycles. The fourth-order valence-electron chi connectivity index (χ4n) is 3.03. The van der Waals surface area contributed by atoms with Crippen LogP contribution in [0.3, 0.4) is 0 Å². The van der Waals surface area contributed by atoms with E-state index in [-0.39, 0.29) is 11.5 Å². The topological polar surface area (TPSA) is 78.0 Å². The maximum Gasteiger partial charge on any atom is 0.160 e. The summed E-state index contributed by atoms with van der Waals surface area (Å²) in [4.78, 5) is 0. The molecule has 1 saturated carbocycles. The van der Waals surface area contributed by atoms with Gasteiger partial charge in [0.05, 0.1) is 28.9 Å². The van der Waals surface area contributed by atoms with Gasteiger partial charge in [0.25, 0.3) is 0 Å². The molecule has 6 nitrogen and oxygen atoms in total. The van der Waals surface area contributed by atoms with E-state index in [2.05, 4.69) is 10.3 Å². The van der Waals surface area contributed by atoms with E-state index in [1.54, 1.807) is 13.8 Å². The fourth-order valence-corrected chi connectivity index (χ4v) is 4.59. The highest BCUT2D eigenvalue weighted by Gasteiger charge is 2.22. The maximum absolute atomic E-state index is 12.4. The summed E-state index contributed by atoms with van der Waals surface area (Å²) in [6, 6.07) is 2.24. The number of aromatic nitrogens is 3.